The average molecular weight is 266 g/mol. The van der Waals surface area contributed by atoms with Crippen LogP contribution >= 0.6 is 11.8 Å². The van der Waals surface area contributed by atoms with Crippen LogP contribution < -0.4 is 11.1 Å². The number of nitrogens with zero attached hydrogens (tertiary/aromatic N) is 2. The molecule has 0 saturated heterocycles. The van der Waals surface area contributed by atoms with E-state index < -0.39 is 0 Å². The highest BCUT2D eigenvalue weighted by Crippen LogP contribution is 2.25. The molecule has 1 amide bonds. The minimum Gasteiger partial charge on any atom is -0.381 e. The molecule has 0 aliphatic heterocycles. The number of amides is 1. The quantitative estimate of drug-likeness (QED) is 0.809. The molecule has 0 radical (unpaired) electrons. The zero-order valence-electron chi connectivity index (χ0n) is 10.4. The third-order valence-electron chi connectivity index (χ3n) is 3.05. The summed E-state index contributed by atoms with van der Waals surface area (Å²) in [4.78, 5) is 20.1. The lowest BCUT2D eigenvalue weighted by Crippen LogP contribution is -2.37. The van der Waals surface area contributed by atoms with Gasteiger partial charge >= 0.3 is 0 Å². The summed E-state index contributed by atoms with van der Waals surface area (Å²) in [5.41, 5.74) is 5.71. The number of anilines is 1. The van der Waals surface area contributed by atoms with Gasteiger partial charge < -0.3 is 11.1 Å². The Bertz CT molecular complexity index is 420. The second kappa shape index (κ2) is 6.04. The molecule has 6 heteroatoms. The summed E-state index contributed by atoms with van der Waals surface area (Å²) in [6.45, 7) is 1.86. The van der Waals surface area contributed by atoms with Crippen LogP contribution in [0.3, 0.4) is 0 Å². The van der Waals surface area contributed by atoms with Crippen LogP contribution in [0.4, 0.5) is 5.82 Å². The Morgan fingerprint density at radius 2 is 2.11 bits per heavy atom. The number of carbonyl (C=O) groups excluding carboxylic acids is 1. The van der Waals surface area contributed by atoms with Crippen molar-refractivity contribution in [2.45, 2.75) is 48.9 Å². The predicted molar refractivity (Wildman–Crippen MR) is 72.2 cm³/mol. The lowest BCUT2D eigenvalue weighted by atomic mass is 10.2. The van der Waals surface area contributed by atoms with Crippen LogP contribution in [0.1, 0.15) is 32.6 Å². The smallest absolute Gasteiger partial charge is 0.233 e. The SMILES string of the molecule is CC(Sc1nccnc1N)C(=O)NC1CCCC1. The summed E-state index contributed by atoms with van der Waals surface area (Å²) in [6, 6.07) is 0.347. The Balaban J connectivity index is 1.89. The van der Waals surface area contributed by atoms with E-state index in [9.17, 15) is 4.79 Å². The van der Waals surface area contributed by atoms with Crippen LogP contribution in [0.25, 0.3) is 0 Å². The second-order valence-corrected chi connectivity index (χ2v) is 5.83. The highest BCUT2D eigenvalue weighted by molar-refractivity contribution is 8.00. The summed E-state index contributed by atoms with van der Waals surface area (Å²) >= 11 is 1.35. The number of carbonyl (C=O) groups is 1. The first-order valence-corrected chi connectivity index (χ1v) is 7.08. The van der Waals surface area contributed by atoms with Crippen molar-refractivity contribution in [3.05, 3.63) is 12.4 Å². The minimum atomic E-state index is -0.204. The molecule has 1 aromatic heterocycles. The number of nitrogens with two attached hydrogens (primary N) is 1. The first-order chi connectivity index (χ1) is 8.66. The van der Waals surface area contributed by atoms with E-state index in [2.05, 4.69) is 15.3 Å². The predicted octanol–water partition coefficient (Wildman–Crippen LogP) is 1.60. The average Bonchev–Trinajstić information content (AvgIpc) is 2.84. The molecule has 0 bridgehead atoms. The lowest BCUT2D eigenvalue weighted by Gasteiger charge is -2.16. The zero-order chi connectivity index (χ0) is 13.0. The number of hydrogen-bond acceptors (Lipinski definition) is 5. The molecule has 1 fully saturated rings. The van der Waals surface area contributed by atoms with Gasteiger partial charge in [0.1, 0.15) is 5.03 Å². The molecule has 1 heterocycles. The van der Waals surface area contributed by atoms with E-state index in [4.69, 9.17) is 5.73 Å². The van der Waals surface area contributed by atoms with Crippen LogP contribution in [0.5, 0.6) is 0 Å². The largest absolute Gasteiger partial charge is 0.381 e. The van der Waals surface area contributed by atoms with Crippen molar-refractivity contribution in [3.8, 4) is 0 Å². The van der Waals surface area contributed by atoms with E-state index >= 15 is 0 Å². The molecule has 2 rings (SSSR count). The van der Waals surface area contributed by atoms with E-state index in [1.165, 1.54) is 24.6 Å². The summed E-state index contributed by atoms with van der Waals surface area (Å²) < 4.78 is 0. The zero-order valence-corrected chi connectivity index (χ0v) is 11.2. The van der Waals surface area contributed by atoms with Gasteiger partial charge in [-0.25, -0.2) is 9.97 Å². The third-order valence-corrected chi connectivity index (χ3v) is 4.16. The molecule has 0 aromatic carbocycles. The first kappa shape index (κ1) is 13.1. The number of hydrogen-bond donors (Lipinski definition) is 2. The summed E-state index contributed by atoms with van der Waals surface area (Å²) in [6.07, 6.45) is 7.74. The van der Waals surface area contributed by atoms with Crippen LogP contribution in [0.15, 0.2) is 17.4 Å². The number of aromatic nitrogens is 2. The van der Waals surface area contributed by atoms with Gasteiger partial charge in [-0.3, -0.25) is 4.79 Å². The van der Waals surface area contributed by atoms with Crippen molar-refractivity contribution in [2.75, 3.05) is 5.73 Å². The van der Waals surface area contributed by atoms with E-state index in [0.29, 0.717) is 16.9 Å². The molecule has 0 spiro atoms. The number of nitrogens with one attached hydrogen (secondary N) is 1. The standard InChI is InChI=1S/C12H18N4OS/c1-8(11(17)16-9-4-2-3-5-9)18-12-10(13)14-6-7-15-12/h6-9H,2-5H2,1H3,(H2,13,14)(H,16,17). The van der Waals surface area contributed by atoms with Crippen LogP contribution in [0.2, 0.25) is 0 Å². The van der Waals surface area contributed by atoms with Crippen molar-refractivity contribution in [2.24, 2.45) is 0 Å². The third kappa shape index (κ3) is 3.35. The Morgan fingerprint density at radius 1 is 1.44 bits per heavy atom. The van der Waals surface area contributed by atoms with Gasteiger partial charge in [0.05, 0.1) is 5.25 Å². The van der Waals surface area contributed by atoms with E-state index in [0.717, 1.165) is 12.8 Å². The van der Waals surface area contributed by atoms with Gasteiger partial charge in [0.2, 0.25) is 5.91 Å². The van der Waals surface area contributed by atoms with Gasteiger partial charge in [-0.2, -0.15) is 0 Å². The molecule has 1 atom stereocenters. The summed E-state index contributed by atoms with van der Waals surface area (Å²) in [5, 5.41) is 3.48. The fourth-order valence-corrected chi connectivity index (χ4v) is 2.84. The molecule has 18 heavy (non-hydrogen) atoms. The number of rotatable bonds is 4. The fraction of sp³-hybridized carbons (Fsp3) is 0.583. The van der Waals surface area contributed by atoms with Gasteiger partial charge in [0.15, 0.2) is 5.82 Å². The summed E-state index contributed by atoms with van der Waals surface area (Å²) in [5.74, 6) is 0.431. The van der Waals surface area contributed by atoms with Crippen molar-refractivity contribution in [1.29, 1.82) is 0 Å². The fourth-order valence-electron chi connectivity index (χ4n) is 2.04. The highest BCUT2D eigenvalue weighted by atomic mass is 32.2. The topological polar surface area (TPSA) is 80.9 Å². The highest BCUT2D eigenvalue weighted by Gasteiger charge is 2.22. The van der Waals surface area contributed by atoms with E-state index in [1.54, 1.807) is 12.4 Å². The van der Waals surface area contributed by atoms with E-state index in [1.807, 2.05) is 6.92 Å². The Kier molecular flexibility index (Phi) is 4.41. The summed E-state index contributed by atoms with van der Waals surface area (Å²) in [7, 11) is 0. The number of nitrogen functional groups attached to an aromatic ring is 1. The monoisotopic (exact) mass is 266 g/mol. The van der Waals surface area contributed by atoms with Gasteiger partial charge in [0.25, 0.3) is 0 Å². The molecule has 1 aliphatic rings. The normalized spacial score (nSPS) is 17.6. The van der Waals surface area contributed by atoms with Crippen LogP contribution in [0, 0.1) is 0 Å². The minimum absolute atomic E-state index is 0.0527. The Morgan fingerprint density at radius 3 is 2.78 bits per heavy atom. The van der Waals surface area contributed by atoms with Gasteiger partial charge in [-0.1, -0.05) is 24.6 Å². The maximum absolute atomic E-state index is 12.0. The second-order valence-electron chi connectivity index (χ2n) is 4.50. The molecule has 3 N–H and O–H groups in total. The first-order valence-electron chi connectivity index (χ1n) is 6.20. The van der Waals surface area contributed by atoms with Crippen LogP contribution in [-0.4, -0.2) is 27.2 Å². The Hall–Kier alpha value is -1.30. The van der Waals surface area contributed by atoms with E-state index in [-0.39, 0.29) is 11.2 Å². The van der Waals surface area contributed by atoms with Gasteiger partial charge in [-0.05, 0) is 19.8 Å². The Labute approximate surface area is 111 Å². The van der Waals surface area contributed by atoms with Crippen molar-refractivity contribution in [1.82, 2.24) is 15.3 Å². The maximum Gasteiger partial charge on any atom is 0.233 e. The molecular weight excluding hydrogens is 248 g/mol. The maximum atomic E-state index is 12.0. The van der Waals surface area contributed by atoms with Crippen molar-refractivity contribution in [3.63, 3.8) is 0 Å². The van der Waals surface area contributed by atoms with Crippen molar-refractivity contribution < 1.29 is 4.79 Å². The molecule has 5 nitrogen and oxygen atoms in total. The van der Waals surface area contributed by atoms with Gasteiger partial charge in [-0.15, -0.1) is 0 Å². The molecule has 98 valence electrons. The van der Waals surface area contributed by atoms with Crippen molar-refractivity contribution >= 4 is 23.5 Å². The lowest BCUT2D eigenvalue weighted by molar-refractivity contribution is -0.120. The molecule has 1 aliphatic carbocycles. The molecular formula is C12H18N4OS. The van der Waals surface area contributed by atoms with Crippen LogP contribution in [-0.2, 0) is 4.79 Å². The molecule has 1 aromatic rings. The molecule has 1 unspecified atom stereocenters. The molecule has 1 saturated carbocycles. The number of thioether (sulfide) groups is 1. The van der Waals surface area contributed by atoms with Gasteiger partial charge in [0, 0.05) is 18.4 Å².